The molecule has 0 radical (unpaired) electrons. The molecule has 0 unspecified atom stereocenters. The second kappa shape index (κ2) is 7.77. The minimum absolute atomic E-state index is 0.0992. The first-order chi connectivity index (χ1) is 11.6. The first kappa shape index (κ1) is 16.9. The Morgan fingerprint density at radius 1 is 1.12 bits per heavy atom. The molecular formula is C19H27N3O2. The second-order valence-electron chi connectivity index (χ2n) is 7.00. The van der Waals surface area contributed by atoms with Crippen molar-refractivity contribution in [1.29, 1.82) is 0 Å². The van der Waals surface area contributed by atoms with E-state index >= 15 is 0 Å². The average Bonchev–Trinajstić information content (AvgIpc) is 3.09. The maximum absolute atomic E-state index is 12.9. The minimum atomic E-state index is 0.0992. The number of pyridine rings is 1. The molecule has 1 aromatic rings. The Kier molecular flexibility index (Phi) is 5.48. The zero-order chi connectivity index (χ0) is 16.9. The van der Waals surface area contributed by atoms with Crippen LogP contribution in [0.25, 0.3) is 0 Å². The lowest BCUT2D eigenvalue weighted by Crippen LogP contribution is -2.45. The summed E-state index contributed by atoms with van der Waals surface area (Å²) >= 11 is 0. The van der Waals surface area contributed by atoms with Crippen LogP contribution in [0, 0.1) is 5.92 Å². The van der Waals surface area contributed by atoms with Crippen molar-refractivity contribution in [3.05, 3.63) is 30.1 Å². The predicted octanol–water partition coefficient (Wildman–Crippen LogP) is 2.26. The molecule has 3 heterocycles. The van der Waals surface area contributed by atoms with Crippen molar-refractivity contribution in [2.24, 2.45) is 5.92 Å². The molecule has 1 atom stereocenters. The SMILES string of the molecule is CC(=O)N1CCC(C(=O)N2CCC[C@H]2CCc2ccncc2)CC1. The number of likely N-dealkylation sites (tertiary alicyclic amines) is 2. The third-order valence-electron chi connectivity index (χ3n) is 5.47. The molecule has 2 saturated heterocycles. The van der Waals surface area contributed by atoms with Gasteiger partial charge in [-0.2, -0.15) is 0 Å². The number of aryl methyl sites for hydroxylation is 1. The van der Waals surface area contributed by atoms with Gasteiger partial charge in [-0.1, -0.05) is 0 Å². The van der Waals surface area contributed by atoms with E-state index in [9.17, 15) is 9.59 Å². The molecule has 3 rings (SSSR count). The standard InChI is InChI=1S/C19H27N3O2/c1-15(23)21-13-8-17(9-14-21)19(24)22-12-2-3-18(22)5-4-16-6-10-20-11-7-16/h6-7,10-11,17-18H,2-5,8-9,12-14H2,1H3/t18-/m0/s1. The molecule has 5 nitrogen and oxygen atoms in total. The first-order valence-electron chi connectivity index (χ1n) is 9.10. The highest BCUT2D eigenvalue weighted by Crippen LogP contribution is 2.27. The van der Waals surface area contributed by atoms with Crippen LogP contribution < -0.4 is 0 Å². The van der Waals surface area contributed by atoms with Gasteiger partial charge in [0.2, 0.25) is 11.8 Å². The van der Waals surface area contributed by atoms with Gasteiger partial charge in [0.05, 0.1) is 0 Å². The lowest BCUT2D eigenvalue weighted by molar-refractivity contribution is -0.140. The van der Waals surface area contributed by atoms with Crippen LogP contribution in [-0.4, -0.2) is 52.3 Å². The van der Waals surface area contributed by atoms with Gasteiger partial charge >= 0.3 is 0 Å². The molecule has 0 N–H and O–H groups in total. The van der Waals surface area contributed by atoms with Crippen LogP contribution in [0.4, 0.5) is 0 Å². The van der Waals surface area contributed by atoms with E-state index in [2.05, 4.69) is 22.0 Å². The Morgan fingerprint density at radius 2 is 1.83 bits per heavy atom. The largest absolute Gasteiger partial charge is 0.343 e. The van der Waals surface area contributed by atoms with Gasteiger partial charge in [0.15, 0.2) is 0 Å². The Hall–Kier alpha value is -1.91. The number of piperidine rings is 1. The second-order valence-corrected chi connectivity index (χ2v) is 7.00. The van der Waals surface area contributed by atoms with Gasteiger partial charge in [-0.3, -0.25) is 14.6 Å². The van der Waals surface area contributed by atoms with Gasteiger partial charge in [0.1, 0.15) is 0 Å². The Labute approximate surface area is 144 Å². The zero-order valence-corrected chi connectivity index (χ0v) is 14.5. The van der Waals surface area contributed by atoms with Crippen LogP contribution in [0.3, 0.4) is 0 Å². The number of amides is 2. The van der Waals surface area contributed by atoms with Gasteiger partial charge in [0, 0.05) is 50.9 Å². The van der Waals surface area contributed by atoms with Crippen molar-refractivity contribution in [2.75, 3.05) is 19.6 Å². The molecule has 0 bridgehead atoms. The number of rotatable bonds is 4. The van der Waals surface area contributed by atoms with Gasteiger partial charge in [-0.25, -0.2) is 0 Å². The maximum atomic E-state index is 12.9. The molecule has 2 aliphatic rings. The maximum Gasteiger partial charge on any atom is 0.226 e. The normalized spacial score (nSPS) is 22.0. The van der Waals surface area contributed by atoms with Gasteiger partial charge in [-0.05, 0) is 56.2 Å². The van der Waals surface area contributed by atoms with Gasteiger partial charge in [-0.15, -0.1) is 0 Å². The topological polar surface area (TPSA) is 53.5 Å². The molecule has 0 saturated carbocycles. The van der Waals surface area contributed by atoms with E-state index in [4.69, 9.17) is 0 Å². The van der Waals surface area contributed by atoms with Crippen LogP contribution in [0.15, 0.2) is 24.5 Å². The van der Waals surface area contributed by atoms with Crippen molar-refractivity contribution in [3.63, 3.8) is 0 Å². The first-order valence-corrected chi connectivity index (χ1v) is 9.10. The smallest absolute Gasteiger partial charge is 0.226 e. The van der Waals surface area contributed by atoms with Crippen molar-refractivity contribution in [3.8, 4) is 0 Å². The summed E-state index contributed by atoms with van der Waals surface area (Å²) in [7, 11) is 0. The molecule has 1 aromatic heterocycles. The summed E-state index contributed by atoms with van der Waals surface area (Å²) in [6, 6.07) is 4.48. The predicted molar refractivity (Wildman–Crippen MR) is 92.3 cm³/mol. The Morgan fingerprint density at radius 3 is 2.50 bits per heavy atom. The highest BCUT2D eigenvalue weighted by Gasteiger charge is 2.34. The van der Waals surface area contributed by atoms with E-state index in [1.165, 1.54) is 5.56 Å². The summed E-state index contributed by atoms with van der Waals surface area (Å²) in [4.78, 5) is 32.4. The summed E-state index contributed by atoms with van der Waals surface area (Å²) in [6.45, 7) is 3.95. The van der Waals surface area contributed by atoms with Crippen LogP contribution >= 0.6 is 0 Å². The highest BCUT2D eigenvalue weighted by molar-refractivity contribution is 5.80. The Bertz CT molecular complexity index is 567. The van der Waals surface area contributed by atoms with Crippen molar-refractivity contribution >= 4 is 11.8 Å². The fourth-order valence-electron chi connectivity index (χ4n) is 3.98. The fraction of sp³-hybridized carbons (Fsp3) is 0.632. The van der Waals surface area contributed by atoms with Crippen LogP contribution in [0.1, 0.15) is 44.6 Å². The van der Waals surface area contributed by atoms with Gasteiger partial charge in [0.25, 0.3) is 0 Å². The van der Waals surface area contributed by atoms with Crippen LogP contribution in [0.5, 0.6) is 0 Å². The molecular weight excluding hydrogens is 302 g/mol. The molecule has 0 spiro atoms. The fourth-order valence-corrected chi connectivity index (χ4v) is 3.98. The van der Waals surface area contributed by atoms with Crippen LogP contribution in [0.2, 0.25) is 0 Å². The lowest BCUT2D eigenvalue weighted by Gasteiger charge is -2.34. The quantitative estimate of drug-likeness (QED) is 0.851. The molecule has 24 heavy (non-hydrogen) atoms. The van der Waals surface area contributed by atoms with E-state index in [0.717, 1.165) is 58.2 Å². The molecule has 2 aliphatic heterocycles. The molecule has 5 heteroatoms. The van der Waals surface area contributed by atoms with Crippen molar-refractivity contribution in [1.82, 2.24) is 14.8 Å². The number of aromatic nitrogens is 1. The summed E-state index contributed by atoms with van der Waals surface area (Å²) < 4.78 is 0. The van der Waals surface area contributed by atoms with E-state index < -0.39 is 0 Å². The lowest BCUT2D eigenvalue weighted by atomic mass is 9.94. The molecule has 130 valence electrons. The van der Waals surface area contributed by atoms with Crippen LogP contribution in [-0.2, 0) is 16.0 Å². The summed E-state index contributed by atoms with van der Waals surface area (Å²) in [6.07, 6.45) is 9.54. The zero-order valence-electron chi connectivity index (χ0n) is 14.5. The summed E-state index contributed by atoms with van der Waals surface area (Å²) in [5.74, 6) is 0.537. The number of carbonyl (C=O) groups is 2. The summed E-state index contributed by atoms with van der Waals surface area (Å²) in [5.41, 5.74) is 1.29. The van der Waals surface area contributed by atoms with Crippen molar-refractivity contribution < 1.29 is 9.59 Å². The average molecular weight is 329 g/mol. The Balaban J connectivity index is 1.53. The number of hydrogen-bond acceptors (Lipinski definition) is 3. The molecule has 0 aromatic carbocycles. The minimum Gasteiger partial charge on any atom is -0.343 e. The molecule has 2 amide bonds. The third kappa shape index (κ3) is 3.94. The molecule has 0 aliphatic carbocycles. The molecule has 2 fully saturated rings. The van der Waals surface area contributed by atoms with Gasteiger partial charge < -0.3 is 9.80 Å². The van der Waals surface area contributed by atoms with E-state index in [1.54, 1.807) is 6.92 Å². The number of hydrogen-bond donors (Lipinski definition) is 0. The monoisotopic (exact) mass is 329 g/mol. The number of nitrogens with zero attached hydrogens (tertiary/aromatic N) is 3. The van der Waals surface area contributed by atoms with E-state index in [0.29, 0.717) is 11.9 Å². The van der Waals surface area contributed by atoms with E-state index in [1.807, 2.05) is 17.3 Å². The highest BCUT2D eigenvalue weighted by atomic mass is 16.2. The summed E-state index contributed by atoms with van der Waals surface area (Å²) in [5, 5.41) is 0. The number of carbonyl (C=O) groups excluding carboxylic acids is 2. The van der Waals surface area contributed by atoms with Crippen molar-refractivity contribution in [2.45, 2.75) is 51.5 Å². The van der Waals surface area contributed by atoms with E-state index in [-0.39, 0.29) is 11.8 Å². The third-order valence-corrected chi connectivity index (χ3v) is 5.47.